The second kappa shape index (κ2) is 9.45. The summed E-state index contributed by atoms with van der Waals surface area (Å²) in [5.41, 5.74) is 2.62. The van der Waals surface area contributed by atoms with Crippen LogP contribution < -0.4 is 10.9 Å². The van der Waals surface area contributed by atoms with Crippen molar-refractivity contribution in [2.24, 2.45) is 10.2 Å². The van der Waals surface area contributed by atoms with Gasteiger partial charge in [0.1, 0.15) is 11.4 Å². The van der Waals surface area contributed by atoms with E-state index in [1.54, 1.807) is 0 Å². The van der Waals surface area contributed by atoms with E-state index in [4.69, 9.17) is 0 Å². The van der Waals surface area contributed by atoms with Gasteiger partial charge in [-0.05, 0) is 19.1 Å². The van der Waals surface area contributed by atoms with Crippen LogP contribution in [0, 0.1) is 40.5 Å². The van der Waals surface area contributed by atoms with E-state index >= 15 is 0 Å². The minimum absolute atomic E-state index is 0.109. The van der Waals surface area contributed by atoms with Gasteiger partial charge in [0.05, 0.1) is 43.8 Å². The van der Waals surface area contributed by atoms with Gasteiger partial charge in [-0.3, -0.25) is 51.3 Å². The fourth-order valence-electron chi connectivity index (χ4n) is 2.13. The molecule has 16 nitrogen and oxygen atoms in total. The molecule has 0 unspecified atom stereocenters. The van der Waals surface area contributed by atoms with Gasteiger partial charge in [-0.1, -0.05) is 0 Å². The molecular weight excluding hydrogens is 420 g/mol. The highest BCUT2D eigenvalue weighted by atomic mass is 16.6. The Bertz CT molecular complexity index is 1130. The van der Waals surface area contributed by atoms with Gasteiger partial charge in [-0.15, -0.1) is 0 Å². The van der Waals surface area contributed by atoms with E-state index in [1.165, 1.54) is 6.92 Å². The van der Waals surface area contributed by atoms with Gasteiger partial charge in [-0.2, -0.15) is 10.2 Å². The first-order chi connectivity index (χ1) is 14.6. The van der Waals surface area contributed by atoms with E-state index in [1.807, 2.05) is 0 Å². The summed E-state index contributed by atoms with van der Waals surface area (Å²) in [6.45, 7) is 1.44. The van der Waals surface area contributed by atoms with Crippen LogP contribution in [0.2, 0.25) is 0 Å². The van der Waals surface area contributed by atoms with Crippen LogP contribution in [-0.2, 0) is 0 Å². The van der Waals surface area contributed by atoms with E-state index in [-0.39, 0.29) is 17.1 Å². The molecule has 16 heteroatoms. The molecule has 0 saturated heterocycles. The van der Waals surface area contributed by atoms with Crippen molar-refractivity contribution in [1.29, 1.82) is 0 Å². The van der Waals surface area contributed by atoms with Crippen LogP contribution in [-0.4, -0.2) is 31.6 Å². The van der Waals surface area contributed by atoms with Crippen molar-refractivity contribution in [2.75, 3.05) is 10.9 Å². The number of non-ortho nitro benzene ring substituents is 2. The first-order valence-corrected chi connectivity index (χ1v) is 8.05. The highest BCUT2D eigenvalue weighted by molar-refractivity contribution is 6.29. The van der Waals surface area contributed by atoms with Crippen molar-refractivity contribution in [1.82, 2.24) is 0 Å². The Kier molecular flexibility index (Phi) is 6.79. The topological polar surface area (TPSA) is 221 Å². The smallest absolute Gasteiger partial charge is 0.272 e. The molecule has 160 valence electrons. The van der Waals surface area contributed by atoms with Gasteiger partial charge in [0.25, 0.3) is 11.4 Å². The van der Waals surface area contributed by atoms with Gasteiger partial charge >= 0.3 is 11.4 Å². The number of nitro benzene ring substituents is 4. The minimum Gasteiger partial charge on any atom is -0.272 e. The van der Waals surface area contributed by atoms with Gasteiger partial charge in [0.2, 0.25) is 0 Å². The maximum Gasteiger partial charge on any atom is 0.301 e. The minimum atomic E-state index is -0.818. The summed E-state index contributed by atoms with van der Waals surface area (Å²) in [5.74, 6) is 0. The lowest BCUT2D eigenvalue weighted by atomic mass is 10.2. The molecule has 0 aliphatic carbocycles. The van der Waals surface area contributed by atoms with E-state index in [9.17, 15) is 40.5 Å². The van der Waals surface area contributed by atoms with E-state index in [2.05, 4.69) is 21.1 Å². The van der Waals surface area contributed by atoms with E-state index in [0.717, 1.165) is 42.6 Å². The molecular formula is C15H12N8O8. The first-order valence-electron chi connectivity index (χ1n) is 8.05. The third kappa shape index (κ3) is 5.73. The number of anilines is 2. The average Bonchev–Trinajstić information content (AvgIpc) is 2.71. The zero-order valence-electron chi connectivity index (χ0n) is 15.5. The predicted molar refractivity (Wildman–Crippen MR) is 108 cm³/mol. The molecule has 0 spiro atoms. The number of nitrogens with one attached hydrogen (secondary N) is 2. The molecule has 31 heavy (non-hydrogen) atoms. The fourth-order valence-corrected chi connectivity index (χ4v) is 2.13. The Morgan fingerprint density at radius 3 is 1.65 bits per heavy atom. The molecule has 0 aromatic heterocycles. The van der Waals surface area contributed by atoms with Crippen LogP contribution in [0.25, 0.3) is 0 Å². The Balaban J connectivity index is 2.15. The van der Waals surface area contributed by atoms with Crippen LogP contribution in [0.4, 0.5) is 34.1 Å². The van der Waals surface area contributed by atoms with Crippen molar-refractivity contribution in [3.8, 4) is 0 Å². The van der Waals surface area contributed by atoms with Crippen molar-refractivity contribution in [3.05, 3.63) is 76.9 Å². The molecule has 0 heterocycles. The molecule has 0 amide bonds. The van der Waals surface area contributed by atoms with Crippen LogP contribution >= 0.6 is 0 Å². The second-order valence-electron chi connectivity index (χ2n) is 5.67. The lowest BCUT2D eigenvalue weighted by molar-refractivity contribution is -0.393. The average molecular weight is 432 g/mol. The maximum absolute atomic E-state index is 11.1. The fraction of sp³-hybridized carbons (Fsp3) is 0.0667. The molecule has 2 aromatic rings. The Labute approximate surface area is 171 Å². The number of hydrogen-bond acceptors (Lipinski definition) is 12. The Morgan fingerprint density at radius 2 is 1.23 bits per heavy atom. The van der Waals surface area contributed by atoms with Crippen LogP contribution in [0.15, 0.2) is 46.6 Å². The van der Waals surface area contributed by atoms with Gasteiger partial charge in [0, 0.05) is 12.1 Å². The molecule has 0 aliphatic heterocycles. The molecule has 2 aromatic carbocycles. The third-order valence-electron chi connectivity index (χ3n) is 3.57. The molecule has 2 N–H and O–H groups in total. The number of rotatable bonds is 9. The van der Waals surface area contributed by atoms with Crippen molar-refractivity contribution < 1.29 is 19.7 Å². The van der Waals surface area contributed by atoms with Gasteiger partial charge in [-0.25, -0.2) is 0 Å². The zero-order chi connectivity index (χ0) is 23.1. The van der Waals surface area contributed by atoms with Crippen LogP contribution in [0.3, 0.4) is 0 Å². The number of nitro groups is 4. The number of benzene rings is 2. The lowest BCUT2D eigenvalue weighted by Gasteiger charge is -2.03. The normalized spacial score (nSPS) is 11.2. The number of hydrazone groups is 2. The van der Waals surface area contributed by atoms with Crippen molar-refractivity contribution in [2.45, 2.75) is 6.92 Å². The summed E-state index contributed by atoms with van der Waals surface area (Å²) < 4.78 is 0. The molecule has 0 saturated carbocycles. The Morgan fingerprint density at radius 1 is 0.774 bits per heavy atom. The molecule has 0 atom stereocenters. The summed E-state index contributed by atoms with van der Waals surface area (Å²) in [7, 11) is 0. The number of hydrogen-bond donors (Lipinski definition) is 2. The zero-order valence-corrected chi connectivity index (χ0v) is 15.5. The van der Waals surface area contributed by atoms with E-state index in [0.29, 0.717) is 0 Å². The van der Waals surface area contributed by atoms with Crippen molar-refractivity contribution >= 4 is 46.1 Å². The summed E-state index contributed by atoms with van der Waals surface area (Å²) in [4.78, 5) is 40.4. The second-order valence-corrected chi connectivity index (χ2v) is 5.67. The van der Waals surface area contributed by atoms with Crippen LogP contribution in [0.5, 0.6) is 0 Å². The number of nitrogens with zero attached hydrogens (tertiary/aromatic N) is 6. The largest absolute Gasteiger partial charge is 0.301 e. The molecule has 0 bridgehead atoms. The quantitative estimate of drug-likeness (QED) is 0.334. The maximum atomic E-state index is 11.1. The predicted octanol–water partition coefficient (Wildman–Crippen LogP) is 3.21. The summed E-state index contributed by atoms with van der Waals surface area (Å²) in [5, 5.41) is 51.2. The SMILES string of the molecule is CC(/C=N/Nc1ccc([N+](=O)[O-])cc1[N+](=O)[O-])=N\Nc1ccc([N+](=O)[O-])cc1[N+](=O)[O-]. The van der Waals surface area contributed by atoms with Gasteiger partial charge in [0.15, 0.2) is 0 Å². The highest BCUT2D eigenvalue weighted by Crippen LogP contribution is 2.29. The molecule has 0 fully saturated rings. The van der Waals surface area contributed by atoms with Gasteiger partial charge < -0.3 is 0 Å². The summed E-state index contributed by atoms with van der Waals surface area (Å²) >= 11 is 0. The standard InChI is InChI=1S/C15H12N8O8/c1-9(17-19-13-5-3-11(21(26)27)7-15(13)23(30)31)8-16-18-12-4-2-10(20(24)25)6-14(12)22(28)29/h2-8,18-19H,1H3/b16-8+,17-9+. The molecule has 2 rings (SSSR count). The molecule has 0 radical (unpaired) electrons. The summed E-state index contributed by atoms with van der Waals surface area (Å²) in [6.07, 6.45) is 1.12. The lowest BCUT2D eigenvalue weighted by Crippen LogP contribution is -2.04. The highest BCUT2D eigenvalue weighted by Gasteiger charge is 2.20. The summed E-state index contributed by atoms with van der Waals surface area (Å²) in [6, 6.07) is 5.89. The molecule has 0 aliphatic rings. The van der Waals surface area contributed by atoms with E-state index < -0.39 is 42.4 Å². The third-order valence-corrected chi connectivity index (χ3v) is 3.57. The van der Waals surface area contributed by atoms with Crippen molar-refractivity contribution in [3.63, 3.8) is 0 Å². The first kappa shape index (κ1) is 22.3. The monoisotopic (exact) mass is 432 g/mol. The Hall–Kier alpha value is -5.02. The van der Waals surface area contributed by atoms with Crippen LogP contribution in [0.1, 0.15) is 6.92 Å².